The second-order valence-electron chi connectivity index (χ2n) is 6.24. The monoisotopic (exact) mass is 363 g/mol. The Morgan fingerprint density at radius 1 is 0.962 bits per heavy atom. The number of aryl methyl sites for hydroxylation is 3. The van der Waals surface area contributed by atoms with Crippen molar-refractivity contribution in [1.82, 2.24) is 9.97 Å². The molecule has 4 nitrogen and oxygen atoms in total. The average Bonchev–Trinajstić information content (AvgIpc) is 2.59. The van der Waals surface area contributed by atoms with E-state index in [9.17, 15) is 4.79 Å². The van der Waals surface area contributed by atoms with Crippen molar-refractivity contribution in [2.24, 2.45) is 0 Å². The number of rotatable bonds is 5. The number of nitrogens with zero attached hydrogens (tertiary/aromatic N) is 2. The van der Waals surface area contributed by atoms with Crippen LogP contribution in [0.4, 0.5) is 5.69 Å². The summed E-state index contributed by atoms with van der Waals surface area (Å²) in [6.07, 6.45) is 0. The Hall–Kier alpha value is -2.66. The number of aromatic nitrogens is 2. The zero-order valence-electron chi connectivity index (χ0n) is 15.1. The van der Waals surface area contributed by atoms with Gasteiger partial charge in [-0.2, -0.15) is 0 Å². The van der Waals surface area contributed by atoms with E-state index in [0.29, 0.717) is 5.56 Å². The Kier molecular flexibility index (Phi) is 5.68. The van der Waals surface area contributed by atoms with E-state index in [4.69, 9.17) is 0 Å². The third kappa shape index (κ3) is 4.92. The fourth-order valence-corrected chi connectivity index (χ4v) is 3.49. The fraction of sp³-hybridized carbons (Fsp3) is 0.190. The predicted octanol–water partition coefficient (Wildman–Crippen LogP) is 4.95. The summed E-state index contributed by atoms with van der Waals surface area (Å²) in [4.78, 5) is 21.2. The summed E-state index contributed by atoms with van der Waals surface area (Å²) in [5.41, 5.74) is 5.64. The van der Waals surface area contributed by atoms with E-state index >= 15 is 0 Å². The molecular weight excluding hydrogens is 342 g/mol. The average molecular weight is 363 g/mol. The quantitative estimate of drug-likeness (QED) is 0.515. The normalized spacial score (nSPS) is 10.6. The standard InChI is InChI=1S/C21H21N3OS/c1-14-5-4-6-19(11-14)24-20(25)18-9-7-17(8-10-18)13-26-21-22-15(2)12-16(3)23-21/h4-12H,13H2,1-3H3,(H,24,25). The van der Waals surface area contributed by atoms with Crippen LogP contribution in [0, 0.1) is 20.8 Å². The number of amides is 1. The Bertz CT molecular complexity index is 903. The minimum absolute atomic E-state index is 0.104. The number of nitrogens with one attached hydrogen (secondary N) is 1. The number of hydrogen-bond donors (Lipinski definition) is 1. The number of benzene rings is 2. The van der Waals surface area contributed by atoms with Crippen LogP contribution in [0.2, 0.25) is 0 Å². The highest BCUT2D eigenvalue weighted by Gasteiger charge is 2.07. The van der Waals surface area contributed by atoms with Crippen LogP contribution in [0.5, 0.6) is 0 Å². The molecule has 0 aliphatic carbocycles. The largest absolute Gasteiger partial charge is 0.322 e. The summed E-state index contributed by atoms with van der Waals surface area (Å²) in [5.74, 6) is 0.662. The van der Waals surface area contributed by atoms with E-state index in [1.54, 1.807) is 11.8 Å². The number of thioether (sulfide) groups is 1. The minimum atomic E-state index is -0.104. The van der Waals surface area contributed by atoms with Crippen molar-refractivity contribution in [2.45, 2.75) is 31.7 Å². The van der Waals surface area contributed by atoms with Gasteiger partial charge in [0.2, 0.25) is 0 Å². The lowest BCUT2D eigenvalue weighted by Gasteiger charge is -2.07. The van der Waals surface area contributed by atoms with Crippen LogP contribution in [-0.2, 0) is 5.75 Å². The van der Waals surface area contributed by atoms with Crippen molar-refractivity contribution in [2.75, 3.05) is 5.32 Å². The fourth-order valence-electron chi connectivity index (χ4n) is 2.58. The first-order valence-electron chi connectivity index (χ1n) is 8.41. The van der Waals surface area contributed by atoms with Crippen molar-refractivity contribution >= 4 is 23.4 Å². The second-order valence-corrected chi connectivity index (χ2v) is 7.18. The molecule has 0 aliphatic rings. The smallest absolute Gasteiger partial charge is 0.255 e. The van der Waals surface area contributed by atoms with Crippen molar-refractivity contribution in [1.29, 1.82) is 0 Å². The highest BCUT2D eigenvalue weighted by atomic mass is 32.2. The third-order valence-corrected chi connectivity index (χ3v) is 4.74. The summed E-state index contributed by atoms with van der Waals surface area (Å²) in [6, 6.07) is 17.4. The first-order valence-corrected chi connectivity index (χ1v) is 9.40. The van der Waals surface area contributed by atoms with Crippen molar-refractivity contribution in [3.05, 3.63) is 82.7 Å². The molecule has 0 radical (unpaired) electrons. The molecule has 0 saturated heterocycles. The van der Waals surface area contributed by atoms with Crippen LogP contribution in [0.25, 0.3) is 0 Å². The number of carbonyl (C=O) groups is 1. The Morgan fingerprint density at radius 3 is 2.31 bits per heavy atom. The van der Waals surface area contributed by atoms with Gasteiger partial charge in [-0.15, -0.1) is 0 Å². The van der Waals surface area contributed by atoms with E-state index in [1.807, 2.05) is 75.4 Å². The Labute approximate surface area is 158 Å². The first kappa shape index (κ1) is 18.1. The van der Waals surface area contributed by atoms with Crippen LogP contribution in [0.1, 0.15) is 32.9 Å². The predicted molar refractivity (Wildman–Crippen MR) is 107 cm³/mol. The van der Waals surface area contributed by atoms with Crippen LogP contribution in [0.15, 0.2) is 59.8 Å². The molecule has 0 bridgehead atoms. The molecule has 0 aliphatic heterocycles. The molecule has 1 amide bonds. The summed E-state index contributed by atoms with van der Waals surface area (Å²) in [6.45, 7) is 5.95. The lowest BCUT2D eigenvalue weighted by Crippen LogP contribution is -2.11. The lowest BCUT2D eigenvalue weighted by atomic mass is 10.1. The molecule has 3 aromatic rings. The molecule has 1 N–H and O–H groups in total. The van der Waals surface area contributed by atoms with Gasteiger partial charge in [0.1, 0.15) is 0 Å². The van der Waals surface area contributed by atoms with E-state index in [1.165, 1.54) is 0 Å². The summed E-state index contributed by atoms with van der Waals surface area (Å²) < 4.78 is 0. The van der Waals surface area contributed by atoms with Crippen LogP contribution >= 0.6 is 11.8 Å². The van der Waals surface area contributed by atoms with Gasteiger partial charge in [-0.25, -0.2) is 9.97 Å². The van der Waals surface area contributed by atoms with Gasteiger partial charge in [0.15, 0.2) is 5.16 Å². The van der Waals surface area contributed by atoms with Crippen molar-refractivity contribution < 1.29 is 4.79 Å². The van der Waals surface area contributed by atoms with Crippen molar-refractivity contribution in [3.63, 3.8) is 0 Å². The molecular formula is C21H21N3OS. The van der Waals surface area contributed by atoms with Gasteiger partial charge in [0.25, 0.3) is 5.91 Å². The number of anilines is 1. The van der Waals surface area contributed by atoms with Gasteiger partial charge in [-0.05, 0) is 62.2 Å². The number of hydrogen-bond acceptors (Lipinski definition) is 4. The molecule has 0 unspecified atom stereocenters. The lowest BCUT2D eigenvalue weighted by molar-refractivity contribution is 0.102. The topological polar surface area (TPSA) is 54.9 Å². The van der Waals surface area contributed by atoms with Crippen LogP contribution in [-0.4, -0.2) is 15.9 Å². The summed E-state index contributed by atoms with van der Waals surface area (Å²) in [7, 11) is 0. The van der Waals surface area contributed by atoms with Crippen molar-refractivity contribution in [3.8, 4) is 0 Å². The van der Waals surface area contributed by atoms with Crippen LogP contribution < -0.4 is 5.32 Å². The van der Waals surface area contributed by atoms with E-state index in [0.717, 1.165) is 39.1 Å². The van der Waals surface area contributed by atoms with E-state index < -0.39 is 0 Å². The maximum absolute atomic E-state index is 12.4. The van der Waals surface area contributed by atoms with Gasteiger partial charge in [-0.1, -0.05) is 36.0 Å². The van der Waals surface area contributed by atoms with Gasteiger partial charge in [0.05, 0.1) is 0 Å². The Morgan fingerprint density at radius 2 is 1.65 bits per heavy atom. The molecule has 26 heavy (non-hydrogen) atoms. The van der Waals surface area contributed by atoms with Crippen LogP contribution in [0.3, 0.4) is 0 Å². The van der Waals surface area contributed by atoms with Gasteiger partial charge >= 0.3 is 0 Å². The minimum Gasteiger partial charge on any atom is -0.322 e. The highest BCUT2D eigenvalue weighted by Crippen LogP contribution is 2.20. The SMILES string of the molecule is Cc1cccc(NC(=O)c2ccc(CSc3nc(C)cc(C)n3)cc2)c1. The van der Waals surface area contributed by atoms with Gasteiger partial charge < -0.3 is 5.32 Å². The third-order valence-electron chi connectivity index (χ3n) is 3.82. The van der Waals surface area contributed by atoms with E-state index in [2.05, 4.69) is 15.3 Å². The summed E-state index contributed by atoms with van der Waals surface area (Å²) in [5, 5.41) is 3.71. The second kappa shape index (κ2) is 8.15. The molecule has 5 heteroatoms. The van der Waals surface area contributed by atoms with E-state index in [-0.39, 0.29) is 5.91 Å². The zero-order valence-corrected chi connectivity index (χ0v) is 15.9. The molecule has 1 aromatic heterocycles. The molecule has 2 aromatic carbocycles. The molecule has 0 fully saturated rings. The molecule has 0 atom stereocenters. The van der Waals surface area contributed by atoms with Gasteiger partial charge in [-0.3, -0.25) is 4.79 Å². The maximum atomic E-state index is 12.4. The first-order chi connectivity index (χ1) is 12.5. The summed E-state index contributed by atoms with van der Waals surface area (Å²) >= 11 is 1.60. The van der Waals surface area contributed by atoms with Gasteiger partial charge in [0, 0.05) is 28.4 Å². The molecule has 3 rings (SSSR count). The zero-order chi connectivity index (χ0) is 18.5. The molecule has 0 saturated carbocycles. The maximum Gasteiger partial charge on any atom is 0.255 e. The molecule has 1 heterocycles. The molecule has 132 valence electrons. The Balaban J connectivity index is 1.61. The number of carbonyl (C=O) groups excluding carboxylic acids is 1. The highest BCUT2D eigenvalue weighted by molar-refractivity contribution is 7.98. The molecule has 0 spiro atoms.